The van der Waals surface area contributed by atoms with Crippen LogP contribution in [-0.4, -0.2) is 26.6 Å². The molecule has 76 valence electrons. The lowest BCUT2D eigenvalue weighted by molar-refractivity contribution is -0.0400. The number of ether oxygens (including phenoxy) is 3. The molecule has 0 saturated carbocycles. The van der Waals surface area contributed by atoms with Crippen LogP contribution in [-0.2, 0) is 15.9 Å². The Morgan fingerprint density at radius 2 is 2.14 bits per heavy atom. The van der Waals surface area contributed by atoms with Crippen molar-refractivity contribution in [2.45, 2.75) is 12.7 Å². The fourth-order valence-corrected chi connectivity index (χ4v) is 1.52. The third-order valence-electron chi connectivity index (χ3n) is 2.23. The number of methoxy groups -OCH3 is 1. The summed E-state index contributed by atoms with van der Waals surface area (Å²) < 4.78 is 15.9. The summed E-state index contributed by atoms with van der Waals surface area (Å²) in [4.78, 5) is 0. The van der Waals surface area contributed by atoms with Gasteiger partial charge in [-0.2, -0.15) is 0 Å². The molecule has 1 aliphatic rings. The first-order valence-electron chi connectivity index (χ1n) is 4.74. The molecular weight excluding hydrogens is 180 g/mol. The normalized spacial score (nSPS) is 17.2. The molecule has 1 saturated heterocycles. The van der Waals surface area contributed by atoms with Crippen LogP contribution in [0.3, 0.4) is 0 Å². The zero-order chi connectivity index (χ0) is 9.80. The van der Waals surface area contributed by atoms with Gasteiger partial charge in [0.1, 0.15) is 5.75 Å². The van der Waals surface area contributed by atoms with E-state index in [1.807, 2.05) is 24.3 Å². The molecule has 0 aliphatic carbocycles. The lowest BCUT2D eigenvalue weighted by Gasteiger charge is -2.09. The van der Waals surface area contributed by atoms with Crippen molar-refractivity contribution in [3.8, 4) is 5.75 Å². The van der Waals surface area contributed by atoms with Crippen LogP contribution in [0.4, 0.5) is 0 Å². The Hall–Kier alpha value is -1.06. The Bertz CT molecular complexity index is 292. The first kappa shape index (κ1) is 9.49. The molecule has 14 heavy (non-hydrogen) atoms. The molecule has 3 heteroatoms. The molecule has 0 amide bonds. The standard InChI is InChI=1S/C11H14O3/c1-12-10-4-2-3-9(7-10)8-11-13-5-6-14-11/h2-4,7,11H,5-6,8H2,1H3. The molecule has 1 aromatic carbocycles. The van der Waals surface area contributed by atoms with Crippen LogP contribution in [0.1, 0.15) is 5.56 Å². The summed E-state index contributed by atoms with van der Waals surface area (Å²) >= 11 is 0. The summed E-state index contributed by atoms with van der Waals surface area (Å²) in [5.41, 5.74) is 1.18. The fourth-order valence-electron chi connectivity index (χ4n) is 1.52. The van der Waals surface area contributed by atoms with Gasteiger partial charge in [-0.1, -0.05) is 12.1 Å². The van der Waals surface area contributed by atoms with Gasteiger partial charge in [-0.15, -0.1) is 0 Å². The first-order chi connectivity index (χ1) is 6.88. The van der Waals surface area contributed by atoms with E-state index in [2.05, 4.69) is 0 Å². The largest absolute Gasteiger partial charge is 0.497 e. The van der Waals surface area contributed by atoms with Gasteiger partial charge in [-0.3, -0.25) is 0 Å². The van der Waals surface area contributed by atoms with Crippen molar-refractivity contribution in [3.63, 3.8) is 0 Å². The molecule has 1 heterocycles. The van der Waals surface area contributed by atoms with Crippen molar-refractivity contribution < 1.29 is 14.2 Å². The van der Waals surface area contributed by atoms with Gasteiger partial charge in [0.2, 0.25) is 0 Å². The number of hydrogen-bond acceptors (Lipinski definition) is 3. The van der Waals surface area contributed by atoms with Gasteiger partial charge in [0.05, 0.1) is 20.3 Å². The highest BCUT2D eigenvalue weighted by atomic mass is 16.7. The van der Waals surface area contributed by atoms with Gasteiger partial charge in [0.25, 0.3) is 0 Å². The van der Waals surface area contributed by atoms with E-state index in [0.29, 0.717) is 13.2 Å². The van der Waals surface area contributed by atoms with Crippen LogP contribution >= 0.6 is 0 Å². The molecular formula is C11H14O3. The van der Waals surface area contributed by atoms with E-state index in [-0.39, 0.29) is 6.29 Å². The van der Waals surface area contributed by atoms with E-state index in [0.717, 1.165) is 12.2 Å². The second-order valence-electron chi connectivity index (χ2n) is 3.23. The second-order valence-corrected chi connectivity index (χ2v) is 3.23. The predicted molar refractivity (Wildman–Crippen MR) is 52.4 cm³/mol. The van der Waals surface area contributed by atoms with E-state index in [9.17, 15) is 0 Å². The smallest absolute Gasteiger partial charge is 0.161 e. The van der Waals surface area contributed by atoms with Crippen molar-refractivity contribution in [2.24, 2.45) is 0 Å². The molecule has 1 fully saturated rings. The molecule has 3 nitrogen and oxygen atoms in total. The molecule has 1 aromatic rings. The first-order valence-corrected chi connectivity index (χ1v) is 4.74. The minimum absolute atomic E-state index is 0.0814. The molecule has 0 unspecified atom stereocenters. The lowest BCUT2D eigenvalue weighted by Crippen LogP contribution is -2.11. The monoisotopic (exact) mass is 194 g/mol. The number of hydrogen-bond donors (Lipinski definition) is 0. The zero-order valence-electron chi connectivity index (χ0n) is 8.23. The Morgan fingerprint density at radius 3 is 2.86 bits per heavy atom. The van der Waals surface area contributed by atoms with E-state index in [1.165, 1.54) is 5.56 Å². The maximum absolute atomic E-state index is 5.37. The predicted octanol–water partition coefficient (Wildman–Crippen LogP) is 1.61. The maximum Gasteiger partial charge on any atom is 0.161 e. The summed E-state index contributed by atoms with van der Waals surface area (Å²) in [5.74, 6) is 0.875. The van der Waals surface area contributed by atoms with Crippen LogP contribution in [0.15, 0.2) is 24.3 Å². The summed E-state index contributed by atoms with van der Waals surface area (Å²) in [5, 5.41) is 0. The van der Waals surface area contributed by atoms with Crippen molar-refractivity contribution in [1.29, 1.82) is 0 Å². The average Bonchev–Trinajstić information content (AvgIpc) is 2.71. The SMILES string of the molecule is COc1cccc(CC2OCCO2)c1. The van der Waals surface area contributed by atoms with Crippen LogP contribution in [0.2, 0.25) is 0 Å². The minimum atomic E-state index is -0.0814. The zero-order valence-corrected chi connectivity index (χ0v) is 8.23. The fraction of sp³-hybridized carbons (Fsp3) is 0.455. The number of benzene rings is 1. The highest BCUT2D eigenvalue weighted by Gasteiger charge is 2.16. The molecule has 0 spiro atoms. The van der Waals surface area contributed by atoms with Crippen molar-refractivity contribution in [3.05, 3.63) is 29.8 Å². The van der Waals surface area contributed by atoms with Gasteiger partial charge >= 0.3 is 0 Å². The summed E-state index contributed by atoms with van der Waals surface area (Å²) in [6.07, 6.45) is 0.708. The quantitative estimate of drug-likeness (QED) is 0.731. The summed E-state index contributed by atoms with van der Waals surface area (Å²) in [7, 11) is 1.67. The molecule has 0 aromatic heterocycles. The lowest BCUT2D eigenvalue weighted by atomic mass is 10.1. The number of rotatable bonds is 3. The van der Waals surface area contributed by atoms with Gasteiger partial charge < -0.3 is 14.2 Å². The van der Waals surface area contributed by atoms with Crippen molar-refractivity contribution in [1.82, 2.24) is 0 Å². The van der Waals surface area contributed by atoms with Gasteiger partial charge in [-0.05, 0) is 17.7 Å². The second kappa shape index (κ2) is 4.44. The third kappa shape index (κ3) is 2.25. The average molecular weight is 194 g/mol. The van der Waals surface area contributed by atoms with Crippen LogP contribution < -0.4 is 4.74 Å². The molecule has 0 N–H and O–H groups in total. The van der Waals surface area contributed by atoms with Crippen LogP contribution in [0.5, 0.6) is 5.75 Å². The summed E-state index contributed by atoms with van der Waals surface area (Å²) in [6, 6.07) is 7.96. The van der Waals surface area contributed by atoms with Gasteiger partial charge in [-0.25, -0.2) is 0 Å². The van der Waals surface area contributed by atoms with Crippen molar-refractivity contribution >= 4 is 0 Å². The van der Waals surface area contributed by atoms with Crippen molar-refractivity contribution in [2.75, 3.05) is 20.3 Å². The van der Waals surface area contributed by atoms with E-state index < -0.39 is 0 Å². The molecule has 0 bridgehead atoms. The molecule has 0 atom stereocenters. The van der Waals surface area contributed by atoms with Crippen LogP contribution in [0.25, 0.3) is 0 Å². The third-order valence-corrected chi connectivity index (χ3v) is 2.23. The summed E-state index contributed by atoms with van der Waals surface area (Å²) in [6.45, 7) is 1.41. The van der Waals surface area contributed by atoms with Gasteiger partial charge in [0, 0.05) is 6.42 Å². The highest BCUT2D eigenvalue weighted by Crippen LogP contribution is 2.16. The van der Waals surface area contributed by atoms with E-state index >= 15 is 0 Å². The van der Waals surface area contributed by atoms with E-state index in [1.54, 1.807) is 7.11 Å². The van der Waals surface area contributed by atoms with Gasteiger partial charge in [0.15, 0.2) is 6.29 Å². The Kier molecular flexibility index (Phi) is 3.01. The Balaban J connectivity index is 2.00. The maximum atomic E-state index is 5.37. The van der Waals surface area contributed by atoms with Crippen LogP contribution in [0, 0.1) is 0 Å². The minimum Gasteiger partial charge on any atom is -0.497 e. The van der Waals surface area contributed by atoms with E-state index in [4.69, 9.17) is 14.2 Å². The topological polar surface area (TPSA) is 27.7 Å². The Labute approximate surface area is 83.6 Å². The molecule has 0 radical (unpaired) electrons. The molecule has 1 aliphatic heterocycles. The molecule has 2 rings (SSSR count). The Morgan fingerprint density at radius 1 is 1.36 bits per heavy atom. The highest BCUT2D eigenvalue weighted by molar-refractivity contribution is 5.28.